The molecule has 0 aromatic heterocycles. The molecule has 0 saturated carbocycles. The second kappa shape index (κ2) is 7.45. The van der Waals surface area contributed by atoms with E-state index in [0.717, 1.165) is 5.56 Å². The molecule has 0 spiro atoms. The molecule has 0 radical (unpaired) electrons. The Hall–Kier alpha value is -2.79. The zero-order valence-corrected chi connectivity index (χ0v) is 16.0. The van der Waals surface area contributed by atoms with Crippen molar-refractivity contribution in [1.29, 1.82) is 0 Å². The topological polar surface area (TPSA) is 65.0 Å². The fourth-order valence-electron chi connectivity index (χ4n) is 3.10. The third-order valence-electron chi connectivity index (χ3n) is 4.42. The number of ketones is 1. The average molecular weight is 368 g/mol. The van der Waals surface area contributed by atoms with Gasteiger partial charge in [-0.05, 0) is 25.5 Å². The van der Waals surface area contributed by atoms with Gasteiger partial charge < -0.3 is 19.3 Å². The van der Waals surface area contributed by atoms with E-state index >= 15 is 0 Å². The van der Waals surface area contributed by atoms with Crippen LogP contribution in [0.2, 0.25) is 0 Å². The van der Waals surface area contributed by atoms with Crippen LogP contribution in [0.25, 0.3) is 6.08 Å². The number of fused-ring (bicyclic) bond motifs is 1. The number of carbonyl (C=O) groups is 1. The monoisotopic (exact) mass is 368 g/mol. The fourth-order valence-corrected chi connectivity index (χ4v) is 3.10. The van der Waals surface area contributed by atoms with E-state index in [0.29, 0.717) is 28.4 Å². The third kappa shape index (κ3) is 3.98. The summed E-state index contributed by atoms with van der Waals surface area (Å²) in [7, 11) is 3.06. The summed E-state index contributed by atoms with van der Waals surface area (Å²) in [6.07, 6.45) is 3.20. The number of aliphatic hydroxyl groups is 1. The van der Waals surface area contributed by atoms with Crippen LogP contribution in [-0.4, -0.2) is 30.7 Å². The number of hydrogen-bond acceptors (Lipinski definition) is 5. The van der Waals surface area contributed by atoms with Crippen molar-refractivity contribution < 1.29 is 24.1 Å². The van der Waals surface area contributed by atoms with Gasteiger partial charge >= 0.3 is 0 Å². The van der Waals surface area contributed by atoms with Gasteiger partial charge in [-0.3, -0.25) is 4.79 Å². The molecule has 1 aliphatic rings. The highest BCUT2D eigenvalue weighted by Crippen LogP contribution is 2.46. The molecule has 2 aromatic carbocycles. The Labute approximate surface area is 159 Å². The Bertz CT molecular complexity index is 863. The van der Waals surface area contributed by atoms with E-state index in [4.69, 9.17) is 14.2 Å². The standard InChI is InChI=1S/C22H24O5/c1-22(2,24)11-10-15-18(25-3)13-19(26-4)20-16(23)12-17(27-21(15)20)14-8-6-5-7-9-14/h5-11,13,17,24H,12H2,1-4H3. The molecule has 142 valence electrons. The van der Waals surface area contributed by atoms with Crippen LogP contribution in [0.5, 0.6) is 17.2 Å². The van der Waals surface area contributed by atoms with E-state index in [1.807, 2.05) is 30.3 Å². The minimum atomic E-state index is -1.02. The van der Waals surface area contributed by atoms with E-state index in [1.165, 1.54) is 7.11 Å². The Balaban J connectivity index is 2.17. The van der Waals surface area contributed by atoms with Crippen LogP contribution in [0, 0.1) is 0 Å². The number of methoxy groups -OCH3 is 2. The Morgan fingerprint density at radius 3 is 2.41 bits per heavy atom. The van der Waals surface area contributed by atoms with Crippen LogP contribution in [-0.2, 0) is 0 Å². The van der Waals surface area contributed by atoms with Crippen LogP contribution in [0.4, 0.5) is 0 Å². The molecule has 5 nitrogen and oxygen atoms in total. The van der Waals surface area contributed by atoms with Crippen molar-refractivity contribution in [2.45, 2.75) is 32.0 Å². The number of hydrogen-bond donors (Lipinski definition) is 1. The summed E-state index contributed by atoms with van der Waals surface area (Å²) in [4.78, 5) is 12.9. The maximum atomic E-state index is 12.9. The van der Waals surface area contributed by atoms with Crippen molar-refractivity contribution in [2.75, 3.05) is 14.2 Å². The maximum absolute atomic E-state index is 12.9. The summed E-state index contributed by atoms with van der Waals surface area (Å²) in [6, 6.07) is 11.3. The minimum absolute atomic E-state index is 0.0532. The summed E-state index contributed by atoms with van der Waals surface area (Å²) in [6.45, 7) is 3.34. The van der Waals surface area contributed by atoms with Gasteiger partial charge in [0, 0.05) is 6.07 Å². The van der Waals surface area contributed by atoms with E-state index in [-0.39, 0.29) is 12.2 Å². The predicted octanol–water partition coefficient (Wildman–Crippen LogP) is 4.19. The van der Waals surface area contributed by atoms with Crippen molar-refractivity contribution in [3.8, 4) is 17.2 Å². The van der Waals surface area contributed by atoms with Crippen molar-refractivity contribution in [3.63, 3.8) is 0 Å². The minimum Gasteiger partial charge on any atom is -0.496 e. The molecular formula is C22H24O5. The molecular weight excluding hydrogens is 344 g/mol. The molecule has 0 fully saturated rings. The van der Waals surface area contributed by atoms with Gasteiger partial charge in [0.1, 0.15) is 28.9 Å². The van der Waals surface area contributed by atoms with Crippen LogP contribution in [0.3, 0.4) is 0 Å². The second-order valence-electron chi connectivity index (χ2n) is 7.03. The Morgan fingerprint density at radius 2 is 1.81 bits per heavy atom. The highest BCUT2D eigenvalue weighted by molar-refractivity contribution is 6.04. The number of rotatable bonds is 5. The summed E-state index contributed by atoms with van der Waals surface area (Å²) >= 11 is 0. The van der Waals surface area contributed by atoms with Crippen molar-refractivity contribution >= 4 is 11.9 Å². The SMILES string of the molecule is COc1cc(OC)c2c(c1C=CC(C)(C)O)OC(c1ccccc1)CC2=O. The smallest absolute Gasteiger partial charge is 0.174 e. The number of Topliss-reactive ketones (excluding diaryl/α,β-unsaturated/α-hetero) is 1. The zero-order chi connectivity index (χ0) is 19.6. The van der Waals surface area contributed by atoms with E-state index in [1.54, 1.807) is 39.2 Å². The molecule has 0 aliphatic carbocycles. The van der Waals surface area contributed by atoms with Crippen LogP contribution in [0.15, 0.2) is 42.5 Å². The molecule has 1 atom stereocenters. The van der Waals surface area contributed by atoms with Crippen molar-refractivity contribution in [3.05, 3.63) is 59.2 Å². The quantitative estimate of drug-likeness (QED) is 0.857. The highest BCUT2D eigenvalue weighted by Gasteiger charge is 2.33. The lowest BCUT2D eigenvalue weighted by Crippen LogP contribution is -2.22. The molecule has 5 heteroatoms. The highest BCUT2D eigenvalue weighted by atomic mass is 16.5. The van der Waals surface area contributed by atoms with Gasteiger partial charge in [0.2, 0.25) is 0 Å². The maximum Gasteiger partial charge on any atom is 0.174 e. The first-order valence-corrected chi connectivity index (χ1v) is 8.79. The van der Waals surface area contributed by atoms with Gasteiger partial charge in [-0.25, -0.2) is 0 Å². The van der Waals surface area contributed by atoms with Crippen molar-refractivity contribution in [2.24, 2.45) is 0 Å². The van der Waals surface area contributed by atoms with Crippen molar-refractivity contribution in [1.82, 2.24) is 0 Å². The summed E-state index contributed by atoms with van der Waals surface area (Å²) < 4.78 is 17.2. The number of carbonyl (C=O) groups excluding carboxylic acids is 1. The molecule has 0 amide bonds. The zero-order valence-electron chi connectivity index (χ0n) is 16.0. The predicted molar refractivity (Wildman–Crippen MR) is 104 cm³/mol. The normalized spacial score (nSPS) is 16.8. The van der Waals surface area contributed by atoms with Gasteiger partial charge in [-0.15, -0.1) is 0 Å². The summed E-state index contributed by atoms with van der Waals surface area (Å²) in [5, 5.41) is 10.1. The fraction of sp³-hybridized carbons (Fsp3) is 0.318. The van der Waals surface area contributed by atoms with Crippen LogP contribution < -0.4 is 14.2 Å². The molecule has 1 aliphatic heterocycles. The molecule has 0 saturated heterocycles. The largest absolute Gasteiger partial charge is 0.496 e. The molecule has 1 N–H and O–H groups in total. The Kier molecular flexibility index (Phi) is 5.24. The van der Waals surface area contributed by atoms with Gasteiger partial charge in [0.15, 0.2) is 5.78 Å². The van der Waals surface area contributed by atoms with E-state index < -0.39 is 11.7 Å². The van der Waals surface area contributed by atoms with E-state index in [2.05, 4.69) is 0 Å². The van der Waals surface area contributed by atoms with Gasteiger partial charge in [0.05, 0.1) is 31.8 Å². The second-order valence-corrected chi connectivity index (χ2v) is 7.03. The lowest BCUT2D eigenvalue weighted by Gasteiger charge is -2.29. The molecule has 1 heterocycles. The summed E-state index contributed by atoms with van der Waals surface area (Å²) in [5.41, 5.74) is 0.913. The van der Waals surface area contributed by atoms with Crippen LogP contribution in [0.1, 0.15) is 47.9 Å². The summed E-state index contributed by atoms with van der Waals surface area (Å²) in [5.74, 6) is 1.28. The number of ether oxygens (including phenoxy) is 3. The van der Waals surface area contributed by atoms with E-state index in [9.17, 15) is 9.90 Å². The van der Waals surface area contributed by atoms with Gasteiger partial charge in [-0.1, -0.05) is 36.4 Å². The van der Waals surface area contributed by atoms with Gasteiger partial charge in [-0.2, -0.15) is 0 Å². The molecule has 2 aromatic rings. The molecule has 0 bridgehead atoms. The Morgan fingerprint density at radius 1 is 1.15 bits per heavy atom. The molecule has 3 rings (SSSR count). The number of benzene rings is 2. The first-order valence-electron chi connectivity index (χ1n) is 8.79. The lowest BCUT2D eigenvalue weighted by molar-refractivity contribution is 0.0843. The molecule has 27 heavy (non-hydrogen) atoms. The first-order chi connectivity index (χ1) is 12.8. The van der Waals surface area contributed by atoms with Gasteiger partial charge in [0.25, 0.3) is 0 Å². The molecule has 1 unspecified atom stereocenters. The third-order valence-corrected chi connectivity index (χ3v) is 4.42. The first kappa shape index (κ1) is 19.0. The lowest BCUT2D eigenvalue weighted by atomic mass is 9.92. The van der Waals surface area contributed by atoms with Crippen LogP contribution >= 0.6 is 0 Å². The average Bonchev–Trinajstić information content (AvgIpc) is 2.65.